The van der Waals surface area contributed by atoms with E-state index in [4.69, 9.17) is 33.5 Å². The van der Waals surface area contributed by atoms with Crippen molar-refractivity contribution in [2.45, 2.75) is 38.9 Å². The number of halogens is 1. The van der Waals surface area contributed by atoms with Crippen molar-refractivity contribution in [3.05, 3.63) is 52.0 Å². The second-order valence-corrected chi connectivity index (χ2v) is 12.7. The van der Waals surface area contributed by atoms with Gasteiger partial charge in [0.15, 0.2) is 0 Å². The molecule has 0 amide bonds. The zero-order valence-electron chi connectivity index (χ0n) is 26.1. The van der Waals surface area contributed by atoms with Gasteiger partial charge < -0.3 is 28.3 Å². The number of nitrogens with zero attached hydrogens (tertiary/aromatic N) is 4. The van der Waals surface area contributed by atoms with E-state index >= 15 is 0 Å². The van der Waals surface area contributed by atoms with Crippen molar-refractivity contribution in [2.24, 2.45) is 0 Å². The topological polar surface area (TPSA) is 109 Å². The fourth-order valence-electron chi connectivity index (χ4n) is 4.82. The average molecular weight is 669 g/mol. The van der Waals surface area contributed by atoms with Crippen LogP contribution in [0.2, 0.25) is 0 Å². The van der Waals surface area contributed by atoms with Crippen molar-refractivity contribution in [1.82, 2.24) is 9.80 Å². The molecule has 0 N–H and O–H groups in total. The SMILES string of the molecule is CC1(C)OB(c2ccc(OCCN3CCOCC3)c(C#N)c2)OC1(C)C.N#Cc1cc(Br)ccc1OCCN1CCOCC1. The van der Waals surface area contributed by atoms with Crippen molar-refractivity contribution in [2.75, 3.05) is 78.9 Å². The number of nitriles is 2. The molecule has 0 saturated carbocycles. The summed E-state index contributed by atoms with van der Waals surface area (Å²) < 4.78 is 35.1. The molecule has 10 nitrogen and oxygen atoms in total. The van der Waals surface area contributed by atoms with Crippen LogP contribution in [0.1, 0.15) is 38.8 Å². The van der Waals surface area contributed by atoms with Gasteiger partial charge in [-0.3, -0.25) is 9.80 Å². The third-order valence-corrected chi connectivity index (χ3v) is 8.74. The predicted molar refractivity (Wildman–Crippen MR) is 171 cm³/mol. The molecule has 3 aliphatic rings. The maximum absolute atomic E-state index is 9.50. The Morgan fingerprint density at radius 2 is 1.20 bits per heavy atom. The first-order chi connectivity index (χ1) is 21.1. The molecule has 3 saturated heterocycles. The van der Waals surface area contributed by atoms with E-state index in [0.29, 0.717) is 35.8 Å². The summed E-state index contributed by atoms with van der Waals surface area (Å²) in [5.41, 5.74) is 1.08. The molecule has 236 valence electrons. The lowest BCUT2D eigenvalue weighted by molar-refractivity contribution is 0.00578. The standard InChI is InChI=1S/C19H27BN2O4.C13H15BrN2O2/c1-18(2)19(3,4)26-20(25-18)16-5-6-17(15(13-16)14-21)24-12-9-22-7-10-23-11-8-22;14-12-1-2-13(11(9-12)10-15)18-8-5-16-3-6-17-7-4-16/h5-6,13H,7-12H2,1-4H3;1-2,9H,3-8H2. The second-order valence-electron chi connectivity index (χ2n) is 11.8. The minimum absolute atomic E-state index is 0.405. The molecule has 44 heavy (non-hydrogen) atoms. The van der Waals surface area contributed by atoms with Crippen molar-refractivity contribution >= 4 is 28.5 Å². The molecular formula is C32H42BBrN4O6. The van der Waals surface area contributed by atoms with Crippen LogP contribution in [0.25, 0.3) is 0 Å². The highest BCUT2D eigenvalue weighted by atomic mass is 79.9. The van der Waals surface area contributed by atoms with Gasteiger partial charge in [-0.05, 0) is 63.5 Å². The number of morpholine rings is 2. The first-order valence-corrected chi connectivity index (χ1v) is 15.9. The van der Waals surface area contributed by atoms with Crippen molar-refractivity contribution < 1.29 is 28.3 Å². The largest absolute Gasteiger partial charge is 0.494 e. The van der Waals surface area contributed by atoms with Crippen LogP contribution in [-0.4, -0.2) is 107 Å². The van der Waals surface area contributed by atoms with E-state index in [1.807, 2.05) is 52.0 Å². The maximum atomic E-state index is 9.50. The summed E-state index contributed by atoms with van der Waals surface area (Å²) in [6, 6.07) is 15.4. The van der Waals surface area contributed by atoms with Crippen molar-refractivity contribution in [1.29, 1.82) is 10.5 Å². The van der Waals surface area contributed by atoms with E-state index in [-0.39, 0.29) is 0 Å². The summed E-state index contributed by atoms with van der Waals surface area (Å²) in [5.74, 6) is 1.25. The summed E-state index contributed by atoms with van der Waals surface area (Å²) >= 11 is 3.34. The van der Waals surface area contributed by atoms with E-state index in [1.165, 1.54) is 0 Å². The van der Waals surface area contributed by atoms with Crippen LogP contribution in [0, 0.1) is 22.7 Å². The van der Waals surface area contributed by atoms with Crippen LogP contribution in [0.15, 0.2) is 40.9 Å². The van der Waals surface area contributed by atoms with Crippen LogP contribution in [0.5, 0.6) is 11.5 Å². The minimum Gasteiger partial charge on any atom is -0.491 e. The van der Waals surface area contributed by atoms with E-state index in [1.54, 1.807) is 12.1 Å². The van der Waals surface area contributed by atoms with Gasteiger partial charge >= 0.3 is 7.12 Å². The first-order valence-electron chi connectivity index (χ1n) is 15.1. The predicted octanol–water partition coefficient (Wildman–Crippen LogP) is 3.60. The fourth-order valence-corrected chi connectivity index (χ4v) is 5.18. The quantitative estimate of drug-likeness (QED) is 0.368. The van der Waals surface area contributed by atoms with Crippen molar-refractivity contribution in [3.8, 4) is 23.6 Å². The van der Waals surface area contributed by atoms with Crippen molar-refractivity contribution in [3.63, 3.8) is 0 Å². The number of benzene rings is 2. The van der Waals surface area contributed by atoms with Gasteiger partial charge in [-0.2, -0.15) is 10.5 Å². The van der Waals surface area contributed by atoms with Crippen LogP contribution in [0.3, 0.4) is 0 Å². The lowest BCUT2D eigenvalue weighted by atomic mass is 9.78. The monoisotopic (exact) mass is 668 g/mol. The molecule has 3 fully saturated rings. The normalized spacial score (nSPS) is 19.8. The number of hydrogen-bond acceptors (Lipinski definition) is 10. The summed E-state index contributed by atoms with van der Waals surface area (Å²) in [5, 5.41) is 18.5. The zero-order valence-corrected chi connectivity index (χ0v) is 27.7. The Morgan fingerprint density at radius 1 is 0.750 bits per heavy atom. The highest BCUT2D eigenvalue weighted by Gasteiger charge is 2.51. The van der Waals surface area contributed by atoms with E-state index in [2.05, 4.69) is 37.9 Å². The Hall–Kier alpha value is -2.68. The van der Waals surface area contributed by atoms with E-state index in [9.17, 15) is 5.26 Å². The smallest absolute Gasteiger partial charge is 0.491 e. The third kappa shape index (κ3) is 9.42. The molecule has 0 unspecified atom stereocenters. The van der Waals surface area contributed by atoms with E-state index in [0.717, 1.165) is 75.6 Å². The lowest BCUT2D eigenvalue weighted by Crippen LogP contribution is -2.41. The molecule has 3 heterocycles. The zero-order chi connectivity index (χ0) is 31.6. The van der Waals surface area contributed by atoms with Gasteiger partial charge in [-0.25, -0.2) is 0 Å². The molecule has 0 aromatic heterocycles. The Balaban J connectivity index is 0.000000215. The minimum atomic E-state index is -0.477. The molecule has 0 bridgehead atoms. The Kier molecular flexibility index (Phi) is 12.5. The van der Waals surface area contributed by atoms with Gasteiger partial charge in [-0.15, -0.1) is 0 Å². The molecule has 0 radical (unpaired) electrons. The highest BCUT2D eigenvalue weighted by molar-refractivity contribution is 9.10. The second kappa shape index (κ2) is 16.1. The Bertz CT molecular complexity index is 1300. The van der Waals surface area contributed by atoms with Crippen LogP contribution in [0.4, 0.5) is 0 Å². The molecule has 0 aliphatic carbocycles. The van der Waals surface area contributed by atoms with Crippen LogP contribution in [-0.2, 0) is 18.8 Å². The van der Waals surface area contributed by atoms with Crippen LogP contribution >= 0.6 is 15.9 Å². The van der Waals surface area contributed by atoms with Gasteiger partial charge in [0.25, 0.3) is 0 Å². The number of rotatable bonds is 9. The molecule has 2 aromatic carbocycles. The number of ether oxygens (including phenoxy) is 4. The fraction of sp³-hybridized carbons (Fsp3) is 0.562. The first kappa shape index (κ1) is 34.2. The molecular weight excluding hydrogens is 627 g/mol. The molecule has 0 spiro atoms. The summed E-state index contributed by atoms with van der Waals surface area (Å²) in [7, 11) is -0.477. The summed E-state index contributed by atoms with van der Waals surface area (Å²) in [6.07, 6.45) is 0. The Labute approximate surface area is 270 Å². The summed E-state index contributed by atoms with van der Waals surface area (Å²) in [4.78, 5) is 4.60. The maximum Gasteiger partial charge on any atom is 0.494 e. The van der Waals surface area contributed by atoms with Gasteiger partial charge in [-0.1, -0.05) is 22.0 Å². The lowest BCUT2D eigenvalue weighted by Gasteiger charge is -2.32. The van der Waals surface area contributed by atoms with Gasteiger partial charge in [0, 0.05) is 43.7 Å². The highest BCUT2D eigenvalue weighted by Crippen LogP contribution is 2.36. The average Bonchev–Trinajstić information content (AvgIpc) is 3.25. The molecule has 2 aromatic rings. The summed E-state index contributed by atoms with van der Waals surface area (Å²) in [6.45, 7) is 17.8. The van der Waals surface area contributed by atoms with Gasteiger partial charge in [0.1, 0.15) is 36.9 Å². The van der Waals surface area contributed by atoms with Crippen LogP contribution < -0.4 is 14.9 Å². The number of hydrogen-bond donors (Lipinski definition) is 0. The Morgan fingerprint density at radius 3 is 1.68 bits per heavy atom. The van der Waals surface area contributed by atoms with E-state index < -0.39 is 18.3 Å². The van der Waals surface area contributed by atoms with Gasteiger partial charge in [0.05, 0.1) is 48.8 Å². The molecule has 12 heteroatoms. The molecule has 5 rings (SSSR count). The molecule has 0 atom stereocenters. The molecule has 3 aliphatic heterocycles. The third-order valence-electron chi connectivity index (χ3n) is 8.25. The van der Waals surface area contributed by atoms with Gasteiger partial charge in [0.2, 0.25) is 0 Å².